The van der Waals surface area contributed by atoms with Crippen LogP contribution in [0, 0.1) is 12.8 Å². The van der Waals surface area contributed by atoms with Crippen LogP contribution in [-0.4, -0.2) is 51.7 Å². The monoisotopic (exact) mass is 278 g/mol. The van der Waals surface area contributed by atoms with Gasteiger partial charge in [0.05, 0.1) is 11.3 Å². The van der Waals surface area contributed by atoms with Crippen molar-refractivity contribution in [2.24, 2.45) is 5.92 Å². The van der Waals surface area contributed by atoms with E-state index >= 15 is 0 Å². The number of carbonyl (C=O) groups excluding carboxylic acids is 1. The van der Waals surface area contributed by atoms with Crippen LogP contribution < -0.4 is 0 Å². The van der Waals surface area contributed by atoms with Crippen LogP contribution in [0.5, 0.6) is 0 Å². The van der Waals surface area contributed by atoms with Gasteiger partial charge in [-0.25, -0.2) is 9.78 Å². The topological polar surface area (TPSA) is 90.7 Å². The summed E-state index contributed by atoms with van der Waals surface area (Å²) in [4.78, 5) is 29.0. The van der Waals surface area contributed by atoms with Gasteiger partial charge in [-0.05, 0) is 37.8 Å². The van der Waals surface area contributed by atoms with Gasteiger partial charge in [0.2, 0.25) is 0 Å². The first-order valence-electron chi connectivity index (χ1n) is 6.64. The minimum absolute atomic E-state index is 0.112. The number of hydrogen-bond acceptors (Lipinski definition) is 4. The minimum atomic E-state index is -1.04. The van der Waals surface area contributed by atoms with Gasteiger partial charge in [-0.3, -0.25) is 4.79 Å². The second-order valence-electron chi connectivity index (χ2n) is 5.05. The lowest BCUT2D eigenvalue weighted by atomic mass is 9.97. The molecule has 6 nitrogen and oxygen atoms in total. The number of pyridine rings is 1. The van der Waals surface area contributed by atoms with E-state index in [1.165, 1.54) is 12.1 Å². The molecule has 1 aliphatic rings. The predicted molar refractivity (Wildman–Crippen MR) is 71.6 cm³/mol. The molecule has 1 aliphatic heterocycles. The van der Waals surface area contributed by atoms with E-state index in [0.29, 0.717) is 18.8 Å². The lowest BCUT2D eigenvalue weighted by Gasteiger charge is -2.30. The van der Waals surface area contributed by atoms with Gasteiger partial charge in [-0.15, -0.1) is 0 Å². The molecule has 1 amide bonds. The molecule has 0 aliphatic carbocycles. The average Bonchev–Trinajstić information content (AvgIpc) is 2.46. The smallest absolute Gasteiger partial charge is 0.337 e. The third-order valence-electron chi connectivity index (χ3n) is 3.70. The molecule has 2 heterocycles. The van der Waals surface area contributed by atoms with Crippen LogP contribution in [0.15, 0.2) is 12.1 Å². The van der Waals surface area contributed by atoms with Gasteiger partial charge in [-0.2, -0.15) is 0 Å². The fourth-order valence-electron chi connectivity index (χ4n) is 2.39. The van der Waals surface area contributed by atoms with Crippen molar-refractivity contribution >= 4 is 11.9 Å². The minimum Gasteiger partial charge on any atom is -0.478 e. The number of aliphatic hydroxyl groups excluding tert-OH is 1. The highest BCUT2D eigenvalue weighted by molar-refractivity contribution is 5.94. The summed E-state index contributed by atoms with van der Waals surface area (Å²) in [6, 6.07) is 2.87. The highest BCUT2D eigenvalue weighted by Crippen LogP contribution is 2.18. The Labute approximate surface area is 117 Å². The predicted octanol–water partition coefficient (Wildman–Crippen LogP) is 0.933. The summed E-state index contributed by atoms with van der Waals surface area (Å²) in [5.74, 6) is -0.956. The molecule has 0 saturated carbocycles. The van der Waals surface area contributed by atoms with Gasteiger partial charge in [0.25, 0.3) is 5.91 Å². The Morgan fingerprint density at radius 1 is 1.35 bits per heavy atom. The van der Waals surface area contributed by atoms with Gasteiger partial charge >= 0.3 is 5.97 Å². The molecule has 1 fully saturated rings. The Morgan fingerprint density at radius 2 is 2.00 bits per heavy atom. The summed E-state index contributed by atoms with van der Waals surface area (Å²) in [7, 11) is 0. The van der Waals surface area contributed by atoms with E-state index in [9.17, 15) is 9.59 Å². The Balaban J connectivity index is 2.10. The number of carbonyl (C=O) groups is 2. The lowest BCUT2D eigenvalue weighted by Crippen LogP contribution is -2.39. The van der Waals surface area contributed by atoms with Crippen molar-refractivity contribution in [2.45, 2.75) is 19.8 Å². The molecule has 0 spiro atoms. The van der Waals surface area contributed by atoms with Crippen molar-refractivity contribution in [3.8, 4) is 0 Å². The van der Waals surface area contributed by atoms with Crippen LogP contribution in [-0.2, 0) is 0 Å². The molecule has 1 aromatic rings. The standard InChI is InChI=1S/C14H18N2O4/c1-9-11(14(19)20)2-3-12(15-9)13(18)16-6-4-10(8-17)5-7-16/h2-3,10,17H,4-8H2,1H3,(H,19,20). The molecular formula is C14H18N2O4. The maximum absolute atomic E-state index is 12.3. The van der Waals surface area contributed by atoms with Crippen LogP contribution in [0.3, 0.4) is 0 Å². The summed E-state index contributed by atoms with van der Waals surface area (Å²) >= 11 is 0. The normalized spacial score (nSPS) is 16.2. The van der Waals surface area contributed by atoms with Crippen molar-refractivity contribution in [1.82, 2.24) is 9.88 Å². The fraction of sp³-hybridized carbons (Fsp3) is 0.500. The zero-order valence-corrected chi connectivity index (χ0v) is 11.4. The van der Waals surface area contributed by atoms with Crippen LogP contribution in [0.2, 0.25) is 0 Å². The maximum Gasteiger partial charge on any atom is 0.337 e. The molecule has 0 aromatic carbocycles. The summed E-state index contributed by atoms with van der Waals surface area (Å²) in [6.45, 7) is 2.95. The molecule has 2 N–H and O–H groups in total. The number of likely N-dealkylation sites (tertiary alicyclic amines) is 1. The molecule has 0 bridgehead atoms. The van der Waals surface area contributed by atoms with Crippen molar-refractivity contribution in [1.29, 1.82) is 0 Å². The number of amides is 1. The molecular weight excluding hydrogens is 260 g/mol. The number of aliphatic hydroxyl groups is 1. The fourth-order valence-corrected chi connectivity index (χ4v) is 2.39. The molecule has 2 rings (SSSR count). The van der Waals surface area contributed by atoms with E-state index < -0.39 is 5.97 Å². The van der Waals surface area contributed by atoms with Crippen molar-refractivity contribution < 1.29 is 19.8 Å². The summed E-state index contributed by atoms with van der Waals surface area (Å²) < 4.78 is 0. The molecule has 0 atom stereocenters. The van der Waals surface area contributed by atoms with E-state index in [1.54, 1.807) is 11.8 Å². The number of hydrogen-bond donors (Lipinski definition) is 2. The molecule has 6 heteroatoms. The number of rotatable bonds is 3. The first kappa shape index (κ1) is 14.5. The SMILES string of the molecule is Cc1nc(C(=O)N2CCC(CO)CC2)ccc1C(=O)O. The quantitative estimate of drug-likeness (QED) is 0.858. The molecule has 108 valence electrons. The Morgan fingerprint density at radius 3 is 2.50 bits per heavy atom. The highest BCUT2D eigenvalue weighted by Gasteiger charge is 2.24. The summed E-state index contributed by atoms with van der Waals surface area (Å²) in [5, 5.41) is 18.0. The van der Waals surface area contributed by atoms with E-state index in [-0.39, 0.29) is 29.7 Å². The third kappa shape index (κ3) is 2.96. The number of aromatic nitrogens is 1. The van der Waals surface area contributed by atoms with E-state index in [0.717, 1.165) is 12.8 Å². The van der Waals surface area contributed by atoms with E-state index in [1.807, 2.05) is 0 Å². The van der Waals surface area contributed by atoms with Gasteiger partial charge < -0.3 is 15.1 Å². The highest BCUT2D eigenvalue weighted by atomic mass is 16.4. The van der Waals surface area contributed by atoms with Crippen LogP contribution >= 0.6 is 0 Å². The number of nitrogens with zero attached hydrogens (tertiary/aromatic N) is 2. The zero-order chi connectivity index (χ0) is 14.7. The molecule has 0 unspecified atom stereocenters. The third-order valence-corrected chi connectivity index (χ3v) is 3.70. The van der Waals surface area contributed by atoms with Gasteiger partial charge in [0.15, 0.2) is 0 Å². The molecule has 0 radical (unpaired) electrons. The van der Waals surface area contributed by atoms with Gasteiger partial charge in [0, 0.05) is 19.7 Å². The van der Waals surface area contributed by atoms with Crippen molar-refractivity contribution in [3.05, 3.63) is 29.1 Å². The van der Waals surface area contributed by atoms with Gasteiger partial charge in [0.1, 0.15) is 5.69 Å². The van der Waals surface area contributed by atoms with E-state index in [2.05, 4.69) is 4.98 Å². The van der Waals surface area contributed by atoms with Crippen LogP contribution in [0.25, 0.3) is 0 Å². The second kappa shape index (κ2) is 6.00. The summed E-state index contributed by atoms with van der Waals surface area (Å²) in [6.07, 6.45) is 1.57. The largest absolute Gasteiger partial charge is 0.478 e. The first-order chi connectivity index (χ1) is 9.52. The Bertz CT molecular complexity index is 522. The number of piperidine rings is 1. The molecule has 20 heavy (non-hydrogen) atoms. The average molecular weight is 278 g/mol. The Kier molecular flexibility index (Phi) is 4.34. The Hall–Kier alpha value is -1.95. The number of carboxylic acid groups (broad SMARTS) is 1. The number of carboxylic acids is 1. The molecule has 1 saturated heterocycles. The second-order valence-corrected chi connectivity index (χ2v) is 5.05. The number of aromatic carboxylic acids is 1. The maximum atomic E-state index is 12.3. The van der Waals surface area contributed by atoms with Crippen LogP contribution in [0.4, 0.5) is 0 Å². The first-order valence-corrected chi connectivity index (χ1v) is 6.64. The van der Waals surface area contributed by atoms with Gasteiger partial charge in [-0.1, -0.05) is 0 Å². The summed E-state index contributed by atoms with van der Waals surface area (Å²) in [5.41, 5.74) is 0.726. The van der Waals surface area contributed by atoms with E-state index in [4.69, 9.17) is 10.2 Å². The lowest BCUT2D eigenvalue weighted by molar-refractivity contribution is 0.0641. The van der Waals surface area contributed by atoms with Crippen LogP contribution in [0.1, 0.15) is 39.4 Å². The van der Waals surface area contributed by atoms with Crippen molar-refractivity contribution in [3.63, 3.8) is 0 Å². The molecule has 1 aromatic heterocycles. The zero-order valence-electron chi connectivity index (χ0n) is 11.4. The number of aryl methyl sites for hydroxylation is 1. The van der Waals surface area contributed by atoms with Crippen molar-refractivity contribution in [2.75, 3.05) is 19.7 Å².